The second-order valence-corrected chi connectivity index (χ2v) is 7.22. The Morgan fingerprint density at radius 2 is 1.72 bits per heavy atom. The third-order valence-corrected chi connectivity index (χ3v) is 5.41. The van der Waals surface area contributed by atoms with Crippen LogP contribution in [0.4, 0.5) is 5.13 Å². The summed E-state index contributed by atoms with van der Waals surface area (Å²) in [6, 6.07) is 3.99. The van der Waals surface area contributed by atoms with Gasteiger partial charge in [-0.1, -0.05) is 6.07 Å². The van der Waals surface area contributed by atoms with Crippen LogP contribution < -0.4 is 19.1 Å². The lowest BCUT2D eigenvalue weighted by molar-refractivity contribution is 0.243. The minimum absolute atomic E-state index is 0.652. The molecular formula is C18H25N3O3S. The zero-order valence-corrected chi connectivity index (χ0v) is 16.1. The van der Waals surface area contributed by atoms with Crippen molar-refractivity contribution in [1.82, 2.24) is 9.88 Å². The minimum Gasteiger partial charge on any atom is -0.493 e. The van der Waals surface area contributed by atoms with E-state index >= 15 is 0 Å². The number of benzene rings is 1. The molecule has 1 saturated heterocycles. The Labute approximate surface area is 152 Å². The van der Waals surface area contributed by atoms with Crippen LogP contribution in [0, 0.1) is 6.92 Å². The van der Waals surface area contributed by atoms with Gasteiger partial charge in [-0.3, -0.25) is 4.90 Å². The number of aryl methyl sites for hydroxylation is 1. The topological polar surface area (TPSA) is 47.1 Å². The van der Waals surface area contributed by atoms with E-state index in [1.165, 1.54) is 4.88 Å². The van der Waals surface area contributed by atoms with Gasteiger partial charge < -0.3 is 19.1 Å². The average molecular weight is 363 g/mol. The Morgan fingerprint density at radius 1 is 1.00 bits per heavy atom. The van der Waals surface area contributed by atoms with Gasteiger partial charge in [-0.25, -0.2) is 4.98 Å². The van der Waals surface area contributed by atoms with Crippen molar-refractivity contribution < 1.29 is 14.2 Å². The molecule has 6 nitrogen and oxygen atoms in total. The number of rotatable bonds is 6. The van der Waals surface area contributed by atoms with Crippen LogP contribution in [0.15, 0.2) is 18.3 Å². The van der Waals surface area contributed by atoms with Crippen molar-refractivity contribution in [3.63, 3.8) is 0 Å². The third-order valence-electron chi connectivity index (χ3n) is 4.43. The quantitative estimate of drug-likeness (QED) is 0.787. The molecule has 0 bridgehead atoms. The van der Waals surface area contributed by atoms with Crippen LogP contribution >= 0.6 is 11.3 Å². The fourth-order valence-electron chi connectivity index (χ4n) is 3.11. The van der Waals surface area contributed by atoms with E-state index < -0.39 is 0 Å². The maximum atomic E-state index is 5.59. The number of hydrogen-bond donors (Lipinski definition) is 0. The van der Waals surface area contributed by atoms with E-state index in [0.717, 1.165) is 49.2 Å². The van der Waals surface area contributed by atoms with Crippen molar-refractivity contribution in [2.24, 2.45) is 0 Å². The van der Waals surface area contributed by atoms with Crippen LogP contribution in [0.3, 0.4) is 0 Å². The number of nitrogens with zero attached hydrogens (tertiary/aromatic N) is 3. The fourth-order valence-corrected chi connectivity index (χ4v) is 3.93. The summed E-state index contributed by atoms with van der Waals surface area (Å²) in [6.45, 7) is 6.90. The molecule has 0 N–H and O–H groups in total. The van der Waals surface area contributed by atoms with Crippen molar-refractivity contribution in [3.8, 4) is 17.2 Å². The van der Waals surface area contributed by atoms with Crippen LogP contribution in [-0.4, -0.2) is 57.4 Å². The first-order valence-electron chi connectivity index (χ1n) is 8.33. The molecule has 1 fully saturated rings. The largest absolute Gasteiger partial charge is 0.493 e. The van der Waals surface area contributed by atoms with Crippen LogP contribution in [0.1, 0.15) is 10.4 Å². The van der Waals surface area contributed by atoms with Crippen molar-refractivity contribution in [2.45, 2.75) is 13.5 Å². The molecule has 25 heavy (non-hydrogen) atoms. The summed E-state index contributed by atoms with van der Waals surface area (Å²) < 4.78 is 16.4. The molecule has 3 rings (SSSR count). The van der Waals surface area contributed by atoms with E-state index in [1.54, 1.807) is 32.7 Å². The molecule has 0 radical (unpaired) electrons. The molecule has 0 spiro atoms. The maximum absolute atomic E-state index is 5.59. The number of thiazole rings is 1. The van der Waals surface area contributed by atoms with Crippen LogP contribution in [-0.2, 0) is 6.54 Å². The molecule has 1 aromatic carbocycles. The van der Waals surface area contributed by atoms with Gasteiger partial charge in [0.2, 0.25) is 5.75 Å². The second kappa shape index (κ2) is 7.93. The lowest BCUT2D eigenvalue weighted by Gasteiger charge is -2.34. The van der Waals surface area contributed by atoms with E-state index in [4.69, 9.17) is 14.2 Å². The predicted octanol–water partition coefficient (Wildman–Crippen LogP) is 2.80. The summed E-state index contributed by atoms with van der Waals surface area (Å²) in [5, 5.41) is 1.13. The number of aromatic nitrogens is 1. The molecule has 0 unspecified atom stereocenters. The Morgan fingerprint density at radius 3 is 2.28 bits per heavy atom. The molecule has 7 heteroatoms. The fraction of sp³-hybridized carbons (Fsp3) is 0.500. The molecular weight excluding hydrogens is 338 g/mol. The van der Waals surface area contributed by atoms with Crippen LogP contribution in [0.25, 0.3) is 0 Å². The Balaban J connectivity index is 1.67. The van der Waals surface area contributed by atoms with Gasteiger partial charge in [-0.2, -0.15) is 0 Å². The standard InChI is InChI=1S/C18H25N3O3S/c1-13-11-19-18(25-13)21-9-7-20(8-10-21)12-14-5-6-15(22-2)17(24-4)16(14)23-3/h5-6,11H,7-10,12H2,1-4H3. The molecule has 0 saturated carbocycles. The zero-order valence-electron chi connectivity index (χ0n) is 15.2. The number of anilines is 1. The normalized spacial score (nSPS) is 15.3. The van der Waals surface area contributed by atoms with E-state index in [1.807, 2.05) is 12.3 Å². The highest BCUT2D eigenvalue weighted by atomic mass is 32.1. The van der Waals surface area contributed by atoms with E-state index in [0.29, 0.717) is 11.5 Å². The highest BCUT2D eigenvalue weighted by Gasteiger charge is 2.22. The molecule has 2 heterocycles. The SMILES string of the molecule is COc1ccc(CN2CCN(c3ncc(C)s3)CC2)c(OC)c1OC. The van der Waals surface area contributed by atoms with Gasteiger partial charge >= 0.3 is 0 Å². The van der Waals surface area contributed by atoms with Gasteiger partial charge in [0.05, 0.1) is 21.3 Å². The molecule has 0 atom stereocenters. The van der Waals surface area contributed by atoms with Gasteiger partial charge in [0, 0.05) is 49.4 Å². The molecule has 1 aromatic heterocycles. The maximum Gasteiger partial charge on any atom is 0.203 e. The van der Waals surface area contributed by atoms with Crippen molar-refractivity contribution >= 4 is 16.5 Å². The summed E-state index contributed by atoms with van der Waals surface area (Å²) >= 11 is 1.76. The smallest absolute Gasteiger partial charge is 0.203 e. The van der Waals surface area contributed by atoms with Gasteiger partial charge in [0.15, 0.2) is 16.6 Å². The van der Waals surface area contributed by atoms with Crippen LogP contribution in [0.2, 0.25) is 0 Å². The molecule has 2 aromatic rings. The van der Waals surface area contributed by atoms with Gasteiger partial charge in [0.25, 0.3) is 0 Å². The third kappa shape index (κ3) is 3.82. The van der Waals surface area contributed by atoms with E-state index in [-0.39, 0.29) is 0 Å². The predicted molar refractivity (Wildman–Crippen MR) is 100 cm³/mol. The monoisotopic (exact) mass is 363 g/mol. The summed E-state index contributed by atoms with van der Waals surface area (Å²) in [6.07, 6.45) is 1.95. The molecule has 136 valence electrons. The lowest BCUT2D eigenvalue weighted by Crippen LogP contribution is -2.45. The number of hydrogen-bond acceptors (Lipinski definition) is 7. The van der Waals surface area contributed by atoms with Crippen molar-refractivity contribution in [3.05, 3.63) is 28.8 Å². The van der Waals surface area contributed by atoms with Crippen molar-refractivity contribution in [2.75, 3.05) is 52.4 Å². The van der Waals surface area contributed by atoms with E-state index in [9.17, 15) is 0 Å². The Hall–Kier alpha value is -1.99. The molecule has 1 aliphatic heterocycles. The van der Waals surface area contributed by atoms with Crippen molar-refractivity contribution in [1.29, 1.82) is 0 Å². The summed E-state index contributed by atoms with van der Waals surface area (Å²) in [4.78, 5) is 10.5. The molecule has 0 amide bonds. The van der Waals surface area contributed by atoms with Gasteiger partial charge in [-0.15, -0.1) is 11.3 Å². The molecule has 1 aliphatic rings. The minimum atomic E-state index is 0.652. The molecule has 0 aliphatic carbocycles. The van der Waals surface area contributed by atoms with E-state index in [2.05, 4.69) is 27.8 Å². The number of piperazine rings is 1. The Bertz CT molecular complexity index is 712. The van der Waals surface area contributed by atoms with Gasteiger partial charge in [0.1, 0.15) is 0 Å². The van der Waals surface area contributed by atoms with Crippen LogP contribution in [0.5, 0.6) is 17.2 Å². The second-order valence-electron chi connectivity index (χ2n) is 6.01. The number of ether oxygens (including phenoxy) is 3. The van der Waals surface area contributed by atoms with Gasteiger partial charge in [-0.05, 0) is 13.0 Å². The summed E-state index contributed by atoms with van der Waals surface area (Å²) in [5.41, 5.74) is 1.11. The lowest BCUT2D eigenvalue weighted by atomic mass is 10.1. The highest BCUT2D eigenvalue weighted by Crippen LogP contribution is 2.40. The summed E-state index contributed by atoms with van der Waals surface area (Å²) in [7, 11) is 4.94. The highest BCUT2D eigenvalue weighted by molar-refractivity contribution is 7.15. The number of methoxy groups -OCH3 is 3. The zero-order chi connectivity index (χ0) is 17.8. The average Bonchev–Trinajstić information content (AvgIpc) is 3.08. The summed E-state index contributed by atoms with van der Waals surface area (Å²) in [5.74, 6) is 2.09. The Kier molecular flexibility index (Phi) is 5.65. The first kappa shape index (κ1) is 17.8. The first-order valence-corrected chi connectivity index (χ1v) is 9.15. The first-order chi connectivity index (χ1) is 12.2.